The van der Waals surface area contributed by atoms with Crippen LogP contribution in [-0.4, -0.2) is 63.7 Å². The lowest BCUT2D eigenvalue weighted by Gasteiger charge is -2.17. The lowest BCUT2D eigenvalue weighted by Crippen LogP contribution is -2.33. The lowest BCUT2D eigenvalue weighted by molar-refractivity contribution is -0.171. The molecule has 0 spiro atoms. The van der Waals surface area contributed by atoms with Crippen LogP contribution in [0.15, 0.2) is 30.3 Å². The number of hydrogen-bond acceptors (Lipinski definition) is 8. The first-order chi connectivity index (χ1) is 12.1. The van der Waals surface area contributed by atoms with Gasteiger partial charge in [-0.2, -0.15) is 0 Å². The summed E-state index contributed by atoms with van der Waals surface area (Å²) in [6.45, 7) is -0.478. The van der Waals surface area contributed by atoms with Gasteiger partial charge in [-0.1, -0.05) is 30.3 Å². The van der Waals surface area contributed by atoms with Gasteiger partial charge >= 0.3 is 17.9 Å². The Labute approximate surface area is 144 Å². The van der Waals surface area contributed by atoms with Gasteiger partial charge in [-0.05, 0) is 5.56 Å². The zero-order valence-corrected chi connectivity index (χ0v) is 13.7. The van der Waals surface area contributed by atoms with Gasteiger partial charge in [0.1, 0.15) is 26.4 Å². The highest BCUT2D eigenvalue weighted by atomic mass is 16.6. The summed E-state index contributed by atoms with van der Waals surface area (Å²) in [5.41, 5.74) is 0.816. The van der Waals surface area contributed by atoms with Crippen LogP contribution >= 0.6 is 0 Å². The molecule has 0 radical (unpaired) electrons. The average Bonchev–Trinajstić information content (AvgIpc) is 2.60. The molecular weight excluding hydrogens is 332 g/mol. The summed E-state index contributed by atoms with van der Waals surface area (Å²) >= 11 is 0. The third-order valence-electron chi connectivity index (χ3n) is 3.20. The van der Waals surface area contributed by atoms with E-state index >= 15 is 0 Å². The van der Waals surface area contributed by atoms with Crippen LogP contribution in [0.25, 0.3) is 0 Å². The molecule has 136 valence electrons. The van der Waals surface area contributed by atoms with E-state index in [-0.39, 0.29) is 39.5 Å². The summed E-state index contributed by atoms with van der Waals surface area (Å²) in [5, 5.41) is 0. The highest BCUT2D eigenvalue weighted by Gasteiger charge is 2.25. The van der Waals surface area contributed by atoms with E-state index in [1.807, 2.05) is 30.3 Å². The minimum atomic E-state index is -1.10. The van der Waals surface area contributed by atoms with Crippen molar-refractivity contribution in [2.24, 2.45) is 0 Å². The second-order valence-corrected chi connectivity index (χ2v) is 5.16. The van der Waals surface area contributed by atoms with Gasteiger partial charge in [0, 0.05) is 6.42 Å². The van der Waals surface area contributed by atoms with E-state index in [0.29, 0.717) is 0 Å². The molecule has 1 unspecified atom stereocenters. The summed E-state index contributed by atoms with van der Waals surface area (Å²) in [7, 11) is 0. The van der Waals surface area contributed by atoms with E-state index in [9.17, 15) is 14.4 Å². The van der Waals surface area contributed by atoms with E-state index in [4.69, 9.17) is 23.7 Å². The Kier molecular flexibility index (Phi) is 7.87. The van der Waals surface area contributed by atoms with Gasteiger partial charge in [0.15, 0.2) is 0 Å². The fourth-order valence-electron chi connectivity index (χ4n) is 2.06. The van der Waals surface area contributed by atoms with Crippen LogP contribution in [0.5, 0.6) is 0 Å². The Bertz CT molecular complexity index is 571. The second kappa shape index (κ2) is 10.4. The molecule has 1 fully saturated rings. The van der Waals surface area contributed by atoms with Crippen molar-refractivity contribution in [1.82, 2.24) is 0 Å². The number of ether oxygens (including phenoxy) is 5. The van der Waals surface area contributed by atoms with Gasteiger partial charge in [0.2, 0.25) is 6.10 Å². The van der Waals surface area contributed by atoms with E-state index in [0.717, 1.165) is 5.56 Å². The monoisotopic (exact) mass is 352 g/mol. The van der Waals surface area contributed by atoms with Crippen LogP contribution in [0.4, 0.5) is 0 Å². The molecule has 1 heterocycles. The maximum Gasteiger partial charge on any atom is 0.347 e. The molecule has 25 heavy (non-hydrogen) atoms. The highest BCUT2D eigenvalue weighted by Crippen LogP contribution is 2.09. The van der Waals surface area contributed by atoms with E-state index in [2.05, 4.69) is 0 Å². The number of hydrogen-bond donors (Lipinski definition) is 0. The number of esters is 3. The van der Waals surface area contributed by atoms with Gasteiger partial charge in [-0.15, -0.1) is 0 Å². The first-order valence-corrected chi connectivity index (χ1v) is 7.86. The van der Waals surface area contributed by atoms with Gasteiger partial charge in [-0.3, -0.25) is 0 Å². The van der Waals surface area contributed by atoms with Crippen LogP contribution in [0, 0.1) is 0 Å². The Morgan fingerprint density at radius 2 is 1.48 bits per heavy atom. The molecule has 0 aliphatic carbocycles. The van der Waals surface area contributed by atoms with Crippen LogP contribution < -0.4 is 0 Å². The largest absolute Gasteiger partial charge is 0.462 e. The maximum atomic E-state index is 12.2. The average molecular weight is 352 g/mol. The third-order valence-corrected chi connectivity index (χ3v) is 3.20. The van der Waals surface area contributed by atoms with Gasteiger partial charge < -0.3 is 23.7 Å². The molecule has 0 saturated carbocycles. The van der Waals surface area contributed by atoms with Gasteiger partial charge in [0.05, 0.1) is 13.2 Å². The van der Waals surface area contributed by atoms with Crippen molar-refractivity contribution in [1.29, 1.82) is 0 Å². The number of rotatable bonds is 2. The predicted octanol–water partition coefficient (Wildman–Crippen LogP) is 0.274. The minimum Gasteiger partial charge on any atom is -0.462 e. The molecule has 1 aromatic rings. The quantitative estimate of drug-likeness (QED) is 0.553. The maximum absolute atomic E-state index is 12.2. The SMILES string of the molecule is O=C1COCC(=O)OC(Cc2ccccc2)C(=O)OCCOCCO1. The second-order valence-electron chi connectivity index (χ2n) is 5.16. The molecule has 1 aromatic carbocycles. The first-order valence-electron chi connectivity index (χ1n) is 7.86. The summed E-state index contributed by atoms with van der Waals surface area (Å²) in [6.07, 6.45) is -0.926. The van der Waals surface area contributed by atoms with Crippen molar-refractivity contribution < 1.29 is 38.1 Å². The smallest absolute Gasteiger partial charge is 0.347 e. The summed E-state index contributed by atoms with van der Waals surface area (Å²) in [6, 6.07) is 9.10. The zero-order valence-electron chi connectivity index (χ0n) is 13.7. The molecule has 8 nitrogen and oxygen atoms in total. The van der Waals surface area contributed by atoms with E-state index < -0.39 is 30.6 Å². The number of benzene rings is 1. The van der Waals surface area contributed by atoms with Crippen molar-refractivity contribution in [3.05, 3.63) is 35.9 Å². The molecule has 1 atom stereocenters. The van der Waals surface area contributed by atoms with E-state index in [1.165, 1.54) is 0 Å². The fourth-order valence-corrected chi connectivity index (χ4v) is 2.06. The molecule has 0 N–H and O–H groups in total. The van der Waals surface area contributed by atoms with Gasteiger partial charge in [-0.25, -0.2) is 14.4 Å². The lowest BCUT2D eigenvalue weighted by atomic mass is 10.1. The predicted molar refractivity (Wildman–Crippen MR) is 83.6 cm³/mol. The van der Waals surface area contributed by atoms with Crippen molar-refractivity contribution in [3.63, 3.8) is 0 Å². The molecule has 0 bridgehead atoms. The van der Waals surface area contributed by atoms with Crippen molar-refractivity contribution in [2.75, 3.05) is 39.6 Å². The standard InChI is InChI=1S/C17H20O8/c18-15-11-22-12-16(19)25-14(10-13-4-2-1-3-5-13)17(20)24-9-7-21-6-8-23-15/h1-5,14H,6-12H2. The Hall–Kier alpha value is -2.45. The molecule has 1 saturated heterocycles. The molecule has 1 aliphatic rings. The third kappa shape index (κ3) is 7.32. The zero-order chi connectivity index (χ0) is 17.9. The Morgan fingerprint density at radius 3 is 2.24 bits per heavy atom. The Morgan fingerprint density at radius 1 is 0.800 bits per heavy atom. The van der Waals surface area contributed by atoms with Crippen LogP contribution in [0.1, 0.15) is 5.56 Å². The number of carbonyl (C=O) groups is 3. The normalized spacial score (nSPS) is 21.3. The molecule has 2 rings (SSSR count). The van der Waals surface area contributed by atoms with Crippen LogP contribution in [-0.2, 0) is 44.5 Å². The fraction of sp³-hybridized carbons (Fsp3) is 0.471. The molecule has 0 amide bonds. The number of carbonyl (C=O) groups excluding carboxylic acids is 3. The van der Waals surface area contributed by atoms with Crippen LogP contribution in [0.2, 0.25) is 0 Å². The number of cyclic esters (lactones) is 3. The molecule has 1 aliphatic heterocycles. The van der Waals surface area contributed by atoms with E-state index in [1.54, 1.807) is 0 Å². The van der Waals surface area contributed by atoms with Crippen molar-refractivity contribution in [3.8, 4) is 0 Å². The van der Waals surface area contributed by atoms with Gasteiger partial charge in [0.25, 0.3) is 0 Å². The topological polar surface area (TPSA) is 97.4 Å². The Balaban J connectivity index is 1.99. The minimum absolute atomic E-state index is 0.00607. The van der Waals surface area contributed by atoms with Crippen molar-refractivity contribution >= 4 is 17.9 Å². The summed E-state index contributed by atoms with van der Waals surface area (Å²) in [4.78, 5) is 35.4. The van der Waals surface area contributed by atoms with Crippen molar-refractivity contribution in [2.45, 2.75) is 12.5 Å². The highest BCUT2D eigenvalue weighted by molar-refractivity contribution is 5.80. The van der Waals surface area contributed by atoms with Crippen LogP contribution in [0.3, 0.4) is 0 Å². The molecule has 0 aromatic heterocycles. The summed E-state index contributed by atoms with van der Waals surface area (Å²) < 4.78 is 25.2. The molecular formula is C17H20O8. The summed E-state index contributed by atoms with van der Waals surface area (Å²) in [5.74, 6) is -2.04. The molecule has 8 heteroatoms. The first kappa shape index (κ1) is 18.9.